The van der Waals surface area contributed by atoms with Gasteiger partial charge in [0.25, 0.3) is 11.8 Å². The van der Waals surface area contributed by atoms with E-state index < -0.39 is 0 Å². The smallest absolute Gasteiger partial charge is 0.275 e. The maximum absolute atomic E-state index is 12.7. The van der Waals surface area contributed by atoms with E-state index in [2.05, 4.69) is 30.8 Å². The Morgan fingerprint density at radius 1 is 1.10 bits per heavy atom. The second-order valence-corrected chi connectivity index (χ2v) is 8.07. The molecule has 154 valence electrons. The van der Waals surface area contributed by atoms with Gasteiger partial charge >= 0.3 is 0 Å². The normalized spacial score (nSPS) is 17.3. The van der Waals surface area contributed by atoms with Crippen molar-refractivity contribution in [2.45, 2.75) is 51.2 Å². The van der Waals surface area contributed by atoms with Crippen molar-refractivity contribution in [3.05, 3.63) is 60.4 Å². The Morgan fingerprint density at radius 3 is 2.73 bits per heavy atom. The zero-order chi connectivity index (χ0) is 20.5. The van der Waals surface area contributed by atoms with Crippen LogP contribution in [-0.4, -0.2) is 32.0 Å². The van der Waals surface area contributed by atoms with E-state index in [1.165, 1.54) is 0 Å². The molecule has 0 spiro atoms. The number of carbonyl (C=O) groups is 2. The number of aromatic nitrogens is 3. The monoisotopic (exact) mass is 403 g/mol. The first-order chi connectivity index (χ1) is 14.7. The average Bonchev–Trinajstić information content (AvgIpc) is 3.52. The Balaban J connectivity index is 1.50. The molecule has 1 saturated carbocycles. The molecule has 2 amide bonds. The lowest BCUT2D eigenvalue weighted by Gasteiger charge is -2.14. The second kappa shape index (κ2) is 7.82. The molecular weight excluding hydrogens is 378 g/mol. The van der Waals surface area contributed by atoms with Gasteiger partial charge in [-0.1, -0.05) is 31.0 Å². The second-order valence-electron chi connectivity index (χ2n) is 8.07. The van der Waals surface area contributed by atoms with E-state index >= 15 is 0 Å². The van der Waals surface area contributed by atoms with Crippen molar-refractivity contribution >= 4 is 28.3 Å². The highest BCUT2D eigenvalue weighted by molar-refractivity contribution is 6.37. The number of hydrogen-bond donors (Lipinski definition) is 2. The molecule has 3 heterocycles. The van der Waals surface area contributed by atoms with Crippen molar-refractivity contribution < 1.29 is 9.59 Å². The highest BCUT2D eigenvalue weighted by atomic mass is 16.2. The number of imide groups is 1. The number of carbonyl (C=O) groups excluding carboxylic acids is 2. The van der Waals surface area contributed by atoms with E-state index in [1.54, 1.807) is 6.20 Å². The summed E-state index contributed by atoms with van der Waals surface area (Å²) < 4.78 is 4.24. The molecule has 1 aliphatic carbocycles. The summed E-state index contributed by atoms with van der Waals surface area (Å²) in [6.45, 7) is 1.69. The van der Waals surface area contributed by atoms with E-state index in [0.717, 1.165) is 61.7 Å². The predicted molar refractivity (Wildman–Crippen MR) is 114 cm³/mol. The molecule has 3 aromatic rings. The minimum atomic E-state index is -0.321. The van der Waals surface area contributed by atoms with Gasteiger partial charge in [-0.05, 0) is 25.3 Å². The van der Waals surface area contributed by atoms with E-state index in [9.17, 15) is 9.59 Å². The predicted octanol–water partition coefficient (Wildman–Crippen LogP) is 2.83. The van der Waals surface area contributed by atoms with Gasteiger partial charge in [0.2, 0.25) is 0 Å². The van der Waals surface area contributed by atoms with Crippen LogP contribution in [0.3, 0.4) is 0 Å². The fraction of sp³-hybridized carbons (Fsp3) is 0.348. The minimum Gasteiger partial charge on any atom is -0.377 e. The molecule has 0 bridgehead atoms. The molecule has 1 aromatic carbocycles. The summed E-state index contributed by atoms with van der Waals surface area (Å²) in [5, 5.41) is 6.85. The highest BCUT2D eigenvalue weighted by Gasteiger charge is 2.34. The van der Waals surface area contributed by atoms with Crippen molar-refractivity contribution in [2.24, 2.45) is 0 Å². The number of nitrogens with one attached hydrogen (secondary N) is 2. The number of hydrogen-bond acceptors (Lipinski definition) is 4. The van der Waals surface area contributed by atoms with E-state index in [0.29, 0.717) is 11.3 Å². The van der Waals surface area contributed by atoms with Gasteiger partial charge in [0, 0.05) is 54.2 Å². The fourth-order valence-electron chi connectivity index (χ4n) is 4.60. The topological polar surface area (TPSA) is 81.0 Å². The quantitative estimate of drug-likeness (QED) is 0.595. The maximum atomic E-state index is 12.7. The molecule has 0 atom stereocenters. The van der Waals surface area contributed by atoms with Gasteiger partial charge in [-0.15, -0.1) is 0 Å². The maximum Gasteiger partial charge on any atom is 0.275 e. The zero-order valence-electron chi connectivity index (χ0n) is 16.8. The van der Waals surface area contributed by atoms with Gasteiger partial charge < -0.3 is 14.5 Å². The summed E-state index contributed by atoms with van der Waals surface area (Å²) in [7, 11) is 0. The summed E-state index contributed by atoms with van der Waals surface area (Å²) >= 11 is 0. The third-order valence-corrected chi connectivity index (χ3v) is 6.07. The van der Waals surface area contributed by atoms with Gasteiger partial charge in [-0.2, -0.15) is 0 Å². The lowest BCUT2D eigenvalue weighted by Crippen LogP contribution is -2.32. The van der Waals surface area contributed by atoms with E-state index in [-0.39, 0.29) is 17.9 Å². The first-order valence-corrected chi connectivity index (χ1v) is 10.6. The number of nitrogens with zero attached hydrogens (tertiary/aromatic N) is 3. The van der Waals surface area contributed by atoms with Crippen LogP contribution in [0, 0.1) is 0 Å². The van der Waals surface area contributed by atoms with Gasteiger partial charge in [0.1, 0.15) is 5.70 Å². The number of para-hydroxylation sites is 1. The van der Waals surface area contributed by atoms with E-state index in [4.69, 9.17) is 0 Å². The zero-order valence-corrected chi connectivity index (χ0v) is 16.8. The Kier molecular flexibility index (Phi) is 4.86. The van der Waals surface area contributed by atoms with Crippen molar-refractivity contribution in [3.8, 4) is 0 Å². The first kappa shape index (κ1) is 18.7. The molecular formula is C23H25N5O2. The Hall–Kier alpha value is -3.35. The highest BCUT2D eigenvalue weighted by Crippen LogP contribution is 2.32. The number of benzene rings is 1. The lowest BCUT2D eigenvalue weighted by molar-refractivity contribution is -0.123. The van der Waals surface area contributed by atoms with Gasteiger partial charge in [-0.3, -0.25) is 14.9 Å². The molecule has 7 nitrogen and oxygen atoms in total. The Bertz CT molecular complexity index is 1120. The molecule has 2 N–H and O–H groups in total. The number of imidazole rings is 1. The summed E-state index contributed by atoms with van der Waals surface area (Å²) in [5.74, 6) is -0.638. The third kappa shape index (κ3) is 3.40. The molecule has 0 radical (unpaired) electrons. The minimum absolute atomic E-state index is 0.259. The molecule has 0 unspecified atom stereocenters. The lowest BCUT2D eigenvalue weighted by atomic mass is 10.0. The molecule has 1 aliphatic heterocycles. The van der Waals surface area contributed by atoms with Crippen molar-refractivity contribution in [3.63, 3.8) is 0 Å². The molecule has 2 aliphatic rings. The van der Waals surface area contributed by atoms with Crippen LogP contribution in [-0.2, 0) is 22.7 Å². The van der Waals surface area contributed by atoms with Crippen molar-refractivity contribution in [2.75, 3.05) is 0 Å². The van der Waals surface area contributed by atoms with Crippen LogP contribution in [0.25, 0.3) is 16.5 Å². The van der Waals surface area contributed by atoms with Crippen LogP contribution in [0.1, 0.15) is 37.7 Å². The number of amides is 2. The number of rotatable bonds is 7. The summed E-state index contributed by atoms with van der Waals surface area (Å²) in [6.07, 6.45) is 12.9. The van der Waals surface area contributed by atoms with Crippen LogP contribution in [0.2, 0.25) is 0 Å². The molecule has 30 heavy (non-hydrogen) atoms. The molecule has 2 aromatic heterocycles. The van der Waals surface area contributed by atoms with Crippen molar-refractivity contribution in [1.29, 1.82) is 0 Å². The van der Waals surface area contributed by atoms with Crippen LogP contribution in [0.5, 0.6) is 0 Å². The Morgan fingerprint density at radius 2 is 1.93 bits per heavy atom. The fourth-order valence-corrected chi connectivity index (χ4v) is 4.60. The largest absolute Gasteiger partial charge is 0.377 e. The van der Waals surface area contributed by atoms with Crippen LogP contribution in [0.15, 0.2) is 54.9 Å². The molecule has 5 rings (SSSR count). The standard InChI is InChI=1S/C23H25N5O2/c29-22-20(21(23(30)26-22)25-16-6-1-2-7-16)18-14-28(19-9-4-3-8-17(18)19)12-5-11-27-13-10-24-15-27/h3-4,8-10,13-16H,1-2,5-7,11-12H2,(H2,25,26,29,30). The average molecular weight is 403 g/mol. The molecule has 7 heteroatoms. The van der Waals surface area contributed by atoms with Crippen LogP contribution >= 0.6 is 0 Å². The Labute approximate surface area is 174 Å². The summed E-state index contributed by atoms with van der Waals surface area (Å²) in [5.41, 5.74) is 2.78. The number of aryl methyl sites for hydroxylation is 2. The van der Waals surface area contributed by atoms with Gasteiger partial charge in [0.05, 0.1) is 11.9 Å². The summed E-state index contributed by atoms with van der Waals surface area (Å²) in [6, 6.07) is 8.32. The van der Waals surface area contributed by atoms with Gasteiger partial charge in [0.15, 0.2) is 0 Å². The first-order valence-electron chi connectivity index (χ1n) is 10.6. The molecule has 0 saturated heterocycles. The van der Waals surface area contributed by atoms with E-state index in [1.807, 2.05) is 36.9 Å². The van der Waals surface area contributed by atoms with Crippen LogP contribution < -0.4 is 10.6 Å². The third-order valence-electron chi connectivity index (χ3n) is 6.07. The van der Waals surface area contributed by atoms with Crippen molar-refractivity contribution in [1.82, 2.24) is 24.8 Å². The van der Waals surface area contributed by atoms with Gasteiger partial charge in [-0.25, -0.2) is 4.98 Å². The van der Waals surface area contributed by atoms with Crippen LogP contribution in [0.4, 0.5) is 0 Å². The number of fused-ring (bicyclic) bond motifs is 1. The molecule has 1 fully saturated rings. The SMILES string of the molecule is O=C1NC(=O)C(c2cn(CCCn3ccnc3)c3ccccc23)=C1NC1CCCC1. The summed E-state index contributed by atoms with van der Waals surface area (Å²) in [4.78, 5) is 29.4.